The fourth-order valence-electron chi connectivity index (χ4n) is 8.39. The maximum atomic E-state index is 14.5. The van der Waals surface area contributed by atoms with Gasteiger partial charge in [-0.25, -0.2) is 14.6 Å². The summed E-state index contributed by atoms with van der Waals surface area (Å²) in [5.74, 6) is -3.50. The van der Waals surface area contributed by atoms with Gasteiger partial charge in [-0.15, -0.1) is 0 Å². The Morgan fingerprint density at radius 1 is 0.877 bits per heavy atom. The highest BCUT2D eigenvalue weighted by Crippen LogP contribution is 2.28. The molecule has 7 rings (SSSR count). The molecule has 0 bridgehead atoms. The topological polar surface area (TPSA) is 215 Å². The normalized spacial score (nSPS) is 26.6. The second-order valence-corrected chi connectivity index (χ2v) is 15.5. The van der Waals surface area contributed by atoms with E-state index < -0.39 is 84.4 Å². The monoisotopic (exact) mass is 783 g/mol. The number of fused-ring (bicyclic) bond motifs is 4. The first-order chi connectivity index (χ1) is 27.5. The van der Waals surface area contributed by atoms with E-state index in [-0.39, 0.29) is 25.4 Å². The largest absolute Gasteiger partial charge is 0.461 e. The van der Waals surface area contributed by atoms with Crippen LogP contribution in [-0.2, 0) is 39.9 Å². The van der Waals surface area contributed by atoms with Crippen molar-refractivity contribution in [3.8, 4) is 0 Å². The number of hydrogen-bond acceptors (Lipinski definition) is 9. The molecule has 7 amide bonds. The lowest BCUT2D eigenvalue weighted by Crippen LogP contribution is -2.62. The van der Waals surface area contributed by atoms with E-state index in [1.807, 2.05) is 13.0 Å². The molecule has 17 heteroatoms. The number of nitrogens with zero attached hydrogens (tertiary/aromatic N) is 4. The summed E-state index contributed by atoms with van der Waals surface area (Å²) >= 11 is 0. The van der Waals surface area contributed by atoms with Crippen molar-refractivity contribution >= 4 is 58.3 Å². The van der Waals surface area contributed by atoms with Crippen LogP contribution in [0, 0.1) is 5.92 Å². The van der Waals surface area contributed by atoms with E-state index in [0.717, 1.165) is 5.56 Å². The average Bonchev–Trinajstić information content (AvgIpc) is 3.98. The number of hydrogen-bond donors (Lipinski definition) is 5. The zero-order valence-corrected chi connectivity index (χ0v) is 32.1. The highest BCUT2D eigenvalue weighted by molar-refractivity contribution is 5.99. The van der Waals surface area contributed by atoms with E-state index in [1.54, 1.807) is 49.4 Å². The standard InChI is InChI=1S/C40H49N9O8/c1-23-17-33-39(55)57-21-30(45-34(50)29(18-25-9-4-3-5-10-25)46-40(56)44-26-13-14-27-28(19-26)42-22-41-27)37(53)48-16-8-12-32(48)38(54)47-15-7-6-11-31(47)35(51)43-24(2)36(52)49(33)20-23/h3-5,9-10,13-14,19,22-24,29-33H,6-8,11-12,15-18,20-21H2,1-2H3,(H,41,42)(H,43,51)(H,45,50)(H2,44,46,56)/t23-,24+,29+,30+,31+,32+,33+/m1/s1. The minimum atomic E-state index is -1.45. The van der Waals surface area contributed by atoms with Gasteiger partial charge in [-0.1, -0.05) is 37.3 Å². The molecule has 4 aliphatic heterocycles. The summed E-state index contributed by atoms with van der Waals surface area (Å²) in [7, 11) is 0. The van der Waals surface area contributed by atoms with Crippen molar-refractivity contribution in [1.29, 1.82) is 0 Å². The van der Waals surface area contributed by atoms with E-state index in [0.29, 0.717) is 61.8 Å². The van der Waals surface area contributed by atoms with Crippen LogP contribution in [-0.4, -0.2) is 129 Å². The number of amides is 7. The molecular formula is C40H49N9O8. The third-order valence-electron chi connectivity index (χ3n) is 11.3. The number of carbonyl (C=O) groups is 7. The van der Waals surface area contributed by atoms with Gasteiger partial charge in [0.2, 0.25) is 29.5 Å². The highest BCUT2D eigenvalue weighted by atomic mass is 16.5. The van der Waals surface area contributed by atoms with Gasteiger partial charge in [0.05, 0.1) is 17.4 Å². The Morgan fingerprint density at radius 3 is 2.44 bits per heavy atom. The Labute approximate surface area is 329 Å². The van der Waals surface area contributed by atoms with Crippen molar-refractivity contribution in [2.24, 2.45) is 5.92 Å². The van der Waals surface area contributed by atoms with Crippen LogP contribution in [0.1, 0.15) is 57.9 Å². The summed E-state index contributed by atoms with van der Waals surface area (Å²) in [5, 5.41) is 11.0. The molecule has 2 aromatic carbocycles. The number of benzene rings is 2. The second-order valence-electron chi connectivity index (χ2n) is 15.5. The van der Waals surface area contributed by atoms with E-state index in [1.165, 1.54) is 21.0 Å². The number of cyclic esters (lactones) is 1. The third kappa shape index (κ3) is 8.71. The van der Waals surface area contributed by atoms with E-state index >= 15 is 0 Å². The Hall–Kier alpha value is -6.00. The number of rotatable bonds is 6. The number of aromatic nitrogens is 2. The number of anilines is 1. The maximum Gasteiger partial charge on any atom is 0.328 e. The number of H-pyrrole nitrogens is 1. The summed E-state index contributed by atoms with van der Waals surface area (Å²) in [6.45, 7) is 3.65. The van der Waals surface area contributed by atoms with Crippen molar-refractivity contribution in [3.63, 3.8) is 0 Å². The quantitative estimate of drug-likeness (QED) is 0.229. The summed E-state index contributed by atoms with van der Waals surface area (Å²) in [6.07, 6.45) is 4.51. The van der Waals surface area contributed by atoms with Crippen LogP contribution < -0.4 is 21.3 Å². The van der Waals surface area contributed by atoms with Gasteiger partial charge in [-0.05, 0) is 75.1 Å². The first kappa shape index (κ1) is 39.2. The number of ether oxygens (including phenoxy) is 1. The number of imidazole rings is 1. The lowest BCUT2D eigenvalue weighted by Gasteiger charge is -2.39. The van der Waals surface area contributed by atoms with Crippen molar-refractivity contribution in [2.75, 3.05) is 31.6 Å². The third-order valence-corrected chi connectivity index (χ3v) is 11.3. The average molecular weight is 784 g/mol. The molecule has 302 valence electrons. The fourth-order valence-corrected chi connectivity index (χ4v) is 8.39. The molecule has 0 saturated carbocycles. The number of esters is 1. The smallest absolute Gasteiger partial charge is 0.328 e. The molecule has 0 spiro atoms. The maximum absolute atomic E-state index is 14.5. The van der Waals surface area contributed by atoms with Gasteiger partial charge < -0.3 is 45.7 Å². The van der Waals surface area contributed by atoms with E-state index in [9.17, 15) is 33.6 Å². The SMILES string of the molecule is C[C@@H]1C[C@H]2C(=O)OC[C@H](NC(=O)[C@H](Cc3ccccc3)NC(=O)Nc3ccc4nc[nH]c4c3)C(=O)N3CCC[C@H]3C(=O)N3CCCC[C@H]3C(=O)N[C@@H](C)C(=O)N2C1. The number of aromatic amines is 1. The summed E-state index contributed by atoms with van der Waals surface area (Å²) in [4.78, 5) is 109. The summed E-state index contributed by atoms with van der Waals surface area (Å²) in [6, 6.07) is 7.11. The molecule has 7 atom stereocenters. The van der Waals surface area contributed by atoms with Crippen molar-refractivity contribution in [2.45, 2.75) is 95.0 Å². The van der Waals surface area contributed by atoms with Crippen LogP contribution in [0.2, 0.25) is 0 Å². The van der Waals surface area contributed by atoms with Crippen LogP contribution in [0.15, 0.2) is 54.9 Å². The summed E-state index contributed by atoms with van der Waals surface area (Å²) < 4.78 is 5.76. The van der Waals surface area contributed by atoms with Gasteiger partial charge >= 0.3 is 12.0 Å². The zero-order valence-electron chi connectivity index (χ0n) is 32.1. The van der Waals surface area contributed by atoms with E-state index in [4.69, 9.17) is 4.74 Å². The van der Waals surface area contributed by atoms with Crippen molar-refractivity contribution in [3.05, 3.63) is 60.4 Å². The highest BCUT2D eigenvalue weighted by Gasteiger charge is 2.46. The molecule has 4 aliphatic rings. The Kier molecular flexibility index (Phi) is 11.7. The summed E-state index contributed by atoms with van der Waals surface area (Å²) in [5.41, 5.74) is 2.59. The number of urea groups is 1. The Balaban J connectivity index is 1.17. The molecule has 0 unspecified atom stereocenters. The molecule has 4 fully saturated rings. The molecule has 4 saturated heterocycles. The first-order valence-corrected chi connectivity index (χ1v) is 19.7. The molecular weight excluding hydrogens is 734 g/mol. The first-order valence-electron chi connectivity index (χ1n) is 19.7. The van der Waals surface area contributed by atoms with Gasteiger partial charge in [-0.3, -0.25) is 24.0 Å². The van der Waals surface area contributed by atoms with Crippen LogP contribution in [0.5, 0.6) is 0 Å². The Bertz CT molecular complexity index is 2020. The van der Waals surface area contributed by atoms with Gasteiger partial charge in [0.15, 0.2) is 0 Å². The molecule has 5 N–H and O–H groups in total. The lowest BCUT2D eigenvalue weighted by atomic mass is 9.99. The molecule has 1 aromatic heterocycles. The minimum absolute atomic E-state index is 0.0530. The van der Waals surface area contributed by atoms with Crippen LogP contribution in [0.3, 0.4) is 0 Å². The Morgan fingerprint density at radius 2 is 1.63 bits per heavy atom. The molecule has 3 aromatic rings. The van der Waals surface area contributed by atoms with Crippen LogP contribution in [0.25, 0.3) is 11.0 Å². The predicted molar refractivity (Wildman–Crippen MR) is 206 cm³/mol. The molecule has 57 heavy (non-hydrogen) atoms. The van der Waals surface area contributed by atoms with Crippen molar-refractivity contribution in [1.82, 2.24) is 40.6 Å². The second kappa shape index (κ2) is 17.0. The lowest BCUT2D eigenvalue weighted by molar-refractivity contribution is -0.158. The van der Waals surface area contributed by atoms with Gasteiger partial charge in [0, 0.05) is 31.7 Å². The minimum Gasteiger partial charge on any atom is -0.461 e. The van der Waals surface area contributed by atoms with E-state index in [2.05, 4.69) is 31.2 Å². The molecule has 17 nitrogen and oxygen atoms in total. The van der Waals surface area contributed by atoms with Gasteiger partial charge in [0.25, 0.3) is 0 Å². The van der Waals surface area contributed by atoms with Crippen LogP contribution in [0.4, 0.5) is 10.5 Å². The molecule has 5 heterocycles. The fraction of sp³-hybridized carbons (Fsp3) is 0.500. The molecule has 0 aliphatic carbocycles. The number of piperidine rings is 1. The molecule has 0 radical (unpaired) electrons. The number of carbonyl (C=O) groups excluding carboxylic acids is 7. The van der Waals surface area contributed by atoms with Crippen LogP contribution >= 0.6 is 0 Å². The van der Waals surface area contributed by atoms with Crippen molar-refractivity contribution < 1.29 is 38.3 Å². The van der Waals surface area contributed by atoms with Gasteiger partial charge in [0.1, 0.15) is 42.9 Å². The predicted octanol–water partition coefficient (Wildman–Crippen LogP) is 1.45. The number of nitrogens with one attached hydrogen (secondary N) is 5. The van der Waals surface area contributed by atoms with Gasteiger partial charge in [-0.2, -0.15) is 0 Å². The zero-order chi connectivity index (χ0) is 40.2.